The Kier molecular flexibility index (Phi) is 2.19. The zero-order valence-corrected chi connectivity index (χ0v) is 8.20. The van der Waals surface area contributed by atoms with Gasteiger partial charge in [0.2, 0.25) is 0 Å². The molecule has 0 atom stereocenters. The fraction of sp³-hybridized carbons (Fsp3) is 0.182. The fourth-order valence-corrected chi connectivity index (χ4v) is 1.75. The second-order valence-electron chi connectivity index (χ2n) is 3.50. The highest BCUT2D eigenvalue weighted by Gasteiger charge is 2.10. The van der Waals surface area contributed by atoms with Crippen LogP contribution in [0.25, 0.3) is 10.9 Å². The van der Waals surface area contributed by atoms with Crippen LogP contribution in [-0.2, 0) is 18.3 Å². The van der Waals surface area contributed by atoms with Crippen molar-refractivity contribution in [2.45, 2.75) is 6.42 Å². The molecule has 0 aliphatic carbocycles. The highest BCUT2D eigenvalue weighted by molar-refractivity contribution is 5.87. The monoisotopic (exact) mass is 207 g/mol. The van der Waals surface area contributed by atoms with Gasteiger partial charge in [-0.15, -0.1) is 0 Å². The molecule has 0 aliphatic rings. The second kappa shape index (κ2) is 3.38. The summed E-state index contributed by atoms with van der Waals surface area (Å²) in [7, 11) is 1.81. The summed E-state index contributed by atoms with van der Waals surface area (Å²) in [5.74, 6) is -1.26. The summed E-state index contributed by atoms with van der Waals surface area (Å²) in [5.41, 5.74) is 1.48. The van der Waals surface area contributed by atoms with Crippen LogP contribution in [0.1, 0.15) is 5.56 Å². The van der Waals surface area contributed by atoms with Crippen molar-refractivity contribution in [2.75, 3.05) is 0 Å². The van der Waals surface area contributed by atoms with E-state index in [1.165, 1.54) is 12.1 Å². The minimum Gasteiger partial charge on any atom is -0.481 e. The molecule has 1 aromatic heterocycles. The van der Waals surface area contributed by atoms with Crippen molar-refractivity contribution in [3.63, 3.8) is 0 Å². The lowest BCUT2D eigenvalue weighted by Crippen LogP contribution is -1.99. The maximum atomic E-state index is 13.0. The quantitative estimate of drug-likeness (QED) is 0.817. The molecule has 0 fully saturated rings. The lowest BCUT2D eigenvalue weighted by Gasteiger charge is -1.95. The van der Waals surface area contributed by atoms with Gasteiger partial charge in [0.05, 0.1) is 6.42 Å². The van der Waals surface area contributed by atoms with Crippen molar-refractivity contribution < 1.29 is 14.3 Å². The van der Waals surface area contributed by atoms with E-state index in [1.54, 1.807) is 16.8 Å². The first kappa shape index (κ1) is 9.71. The van der Waals surface area contributed by atoms with Crippen LogP contribution in [0.3, 0.4) is 0 Å². The lowest BCUT2D eigenvalue weighted by atomic mass is 10.1. The molecule has 78 valence electrons. The molecule has 0 aliphatic heterocycles. The van der Waals surface area contributed by atoms with Crippen LogP contribution in [0.2, 0.25) is 0 Å². The first-order chi connectivity index (χ1) is 7.08. The van der Waals surface area contributed by atoms with Gasteiger partial charge < -0.3 is 9.67 Å². The molecule has 15 heavy (non-hydrogen) atoms. The van der Waals surface area contributed by atoms with Crippen molar-refractivity contribution in [1.29, 1.82) is 0 Å². The van der Waals surface area contributed by atoms with Gasteiger partial charge in [-0.2, -0.15) is 0 Å². The van der Waals surface area contributed by atoms with E-state index >= 15 is 0 Å². The number of benzene rings is 1. The smallest absolute Gasteiger partial charge is 0.307 e. The minimum absolute atomic E-state index is 0.0825. The molecule has 1 aromatic carbocycles. The average Bonchev–Trinajstić information content (AvgIpc) is 2.42. The molecule has 0 radical (unpaired) electrons. The van der Waals surface area contributed by atoms with Gasteiger partial charge in [-0.1, -0.05) is 0 Å². The lowest BCUT2D eigenvalue weighted by molar-refractivity contribution is -0.136. The number of aryl methyl sites for hydroxylation is 1. The topological polar surface area (TPSA) is 42.2 Å². The summed E-state index contributed by atoms with van der Waals surface area (Å²) in [6.07, 6.45) is 1.64. The van der Waals surface area contributed by atoms with Gasteiger partial charge in [-0.3, -0.25) is 4.79 Å². The predicted molar refractivity (Wildman–Crippen MR) is 54.2 cm³/mol. The number of aliphatic carboxylic acids is 1. The van der Waals surface area contributed by atoms with E-state index in [4.69, 9.17) is 5.11 Å². The summed E-state index contributed by atoms with van der Waals surface area (Å²) in [5, 5.41) is 9.37. The number of fused-ring (bicyclic) bond motifs is 1. The Balaban J connectivity index is 2.64. The van der Waals surface area contributed by atoms with Crippen molar-refractivity contribution in [2.24, 2.45) is 7.05 Å². The van der Waals surface area contributed by atoms with E-state index in [1.807, 2.05) is 7.05 Å². The van der Waals surface area contributed by atoms with E-state index in [2.05, 4.69) is 0 Å². The van der Waals surface area contributed by atoms with Gasteiger partial charge in [0, 0.05) is 24.1 Å². The van der Waals surface area contributed by atoms with Crippen molar-refractivity contribution in [3.05, 3.63) is 35.8 Å². The average molecular weight is 207 g/mol. The van der Waals surface area contributed by atoms with Gasteiger partial charge in [-0.05, 0) is 23.8 Å². The third kappa shape index (κ3) is 1.70. The van der Waals surface area contributed by atoms with Crippen LogP contribution in [-0.4, -0.2) is 15.6 Å². The summed E-state index contributed by atoms with van der Waals surface area (Å²) in [4.78, 5) is 10.6. The van der Waals surface area contributed by atoms with Crippen molar-refractivity contribution in [1.82, 2.24) is 4.57 Å². The highest BCUT2D eigenvalue weighted by atomic mass is 19.1. The first-order valence-electron chi connectivity index (χ1n) is 4.53. The van der Waals surface area contributed by atoms with Gasteiger partial charge >= 0.3 is 5.97 Å². The van der Waals surface area contributed by atoms with Gasteiger partial charge in [0.25, 0.3) is 0 Å². The molecular weight excluding hydrogens is 197 g/mol. The SMILES string of the molecule is Cn1cc(CC(=O)O)c2cc(F)ccc21. The largest absolute Gasteiger partial charge is 0.481 e. The van der Waals surface area contributed by atoms with E-state index < -0.39 is 5.97 Å². The molecule has 0 saturated heterocycles. The Bertz CT molecular complexity index is 531. The van der Waals surface area contributed by atoms with Crippen LogP contribution in [0.5, 0.6) is 0 Å². The van der Waals surface area contributed by atoms with Crippen LogP contribution in [0.15, 0.2) is 24.4 Å². The third-order valence-electron chi connectivity index (χ3n) is 2.38. The standard InChI is InChI=1S/C11H10FNO2/c1-13-6-7(4-11(14)15)9-5-8(12)2-3-10(9)13/h2-3,5-6H,4H2,1H3,(H,14,15). The fourth-order valence-electron chi connectivity index (χ4n) is 1.75. The molecule has 0 bridgehead atoms. The number of rotatable bonds is 2. The number of hydrogen-bond acceptors (Lipinski definition) is 1. The molecule has 1 heterocycles. The summed E-state index contributed by atoms with van der Waals surface area (Å²) < 4.78 is 14.8. The zero-order chi connectivity index (χ0) is 11.0. The Labute approximate surface area is 85.7 Å². The second-order valence-corrected chi connectivity index (χ2v) is 3.50. The molecule has 0 unspecified atom stereocenters. The molecule has 3 nitrogen and oxygen atoms in total. The van der Waals surface area contributed by atoms with Crippen molar-refractivity contribution in [3.8, 4) is 0 Å². The Morgan fingerprint density at radius 2 is 2.27 bits per heavy atom. The minimum atomic E-state index is -0.910. The zero-order valence-electron chi connectivity index (χ0n) is 8.20. The number of aromatic nitrogens is 1. The molecule has 2 rings (SSSR count). The number of carboxylic acids is 1. The molecule has 0 spiro atoms. The Morgan fingerprint density at radius 3 is 2.93 bits per heavy atom. The molecule has 2 aromatic rings. The maximum absolute atomic E-state index is 13.0. The molecule has 1 N–H and O–H groups in total. The van der Waals surface area contributed by atoms with Crippen LogP contribution in [0.4, 0.5) is 4.39 Å². The number of carbonyl (C=O) groups is 1. The van der Waals surface area contributed by atoms with Crippen molar-refractivity contribution >= 4 is 16.9 Å². The number of nitrogens with zero attached hydrogens (tertiary/aromatic N) is 1. The molecule has 4 heteroatoms. The Hall–Kier alpha value is -1.84. The Morgan fingerprint density at radius 1 is 1.53 bits per heavy atom. The third-order valence-corrected chi connectivity index (χ3v) is 2.38. The molecular formula is C11H10FNO2. The van der Waals surface area contributed by atoms with E-state index in [9.17, 15) is 9.18 Å². The number of halogens is 1. The highest BCUT2D eigenvalue weighted by Crippen LogP contribution is 2.22. The van der Waals surface area contributed by atoms with Crippen LogP contribution >= 0.6 is 0 Å². The molecule has 0 saturated carbocycles. The maximum Gasteiger partial charge on any atom is 0.307 e. The van der Waals surface area contributed by atoms with Crippen LogP contribution in [0, 0.1) is 5.82 Å². The van der Waals surface area contributed by atoms with E-state index in [-0.39, 0.29) is 12.2 Å². The van der Waals surface area contributed by atoms with Gasteiger partial charge in [0.1, 0.15) is 5.82 Å². The number of hydrogen-bond donors (Lipinski definition) is 1. The summed E-state index contributed by atoms with van der Waals surface area (Å²) >= 11 is 0. The normalized spacial score (nSPS) is 10.8. The first-order valence-corrected chi connectivity index (χ1v) is 4.53. The summed E-state index contributed by atoms with van der Waals surface area (Å²) in [6.45, 7) is 0. The van der Waals surface area contributed by atoms with E-state index in [0.29, 0.717) is 10.9 Å². The van der Waals surface area contributed by atoms with Gasteiger partial charge in [-0.25, -0.2) is 4.39 Å². The summed E-state index contributed by atoms with van der Waals surface area (Å²) in [6, 6.07) is 4.39. The van der Waals surface area contributed by atoms with Crippen LogP contribution < -0.4 is 0 Å². The predicted octanol–water partition coefficient (Wildman–Crippen LogP) is 1.94. The molecule has 0 amide bonds. The van der Waals surface area contributed by atoms with Gasteiger partial charge in [0.15, 0.2) is 0 Å². The number of carboxylic acid groups (broad SMARTS) is 1. The van der Waals surface area contributed by atoms with E-state index in [0.717, 1.165) is 5.52 Å².